The summed E-state index contributed by atoms with van der Waals surface area (Å²) in [6.45, 7) is 4.60. The minimum Gasteiger partial charge on any atom is -0.363 e. The first kappa shape index (κ1) is 42.2. The zero-order valence-electron chi connectivity index (χ0n) is 33.6. The number of hydrogen-bond acceptors (Lipinski definition) is 10. The minimum absolute atomic E-state index is 0.0308. The lowest BCUT2D eigenvalue weighted by atomic mass is 9.90. The molecule has 18 heteroatoms. The molecule has 0 saturated heterocycles. The normalized spacial score (nSPS) is 18.9. The predicted molar refractivity (Wildman–Crippen MR) is 228 cm³/mol. The molecule has 2 fully saturated rings. The van der Waals surface area contributed by atoms with E-state index in [1.807, 2.05) is 26.0 Å². The van der Waals surface area contributed by atoms with Crippen LogP contribution >= 0.6 is 11.6 Å². The molecule has 6 aromatic heterocycles. The monoisotopic (exact) mass is 841 g/mol. The van der Waals surface area contributed by atoms with E-state index in [2.05, 4.69) is 66.5 Å². The third-order valence-corrected chi connectivity index (χ3v) is 11.0. The van der Waals surface area contributed by atoms with Crippen LogP contribution in [0.15, 0.2) is 55.4 Å². The van der Waals surface area contributed by atoms with Gasteiger partial charge in [0.25, 0.3) is 0 Å². The number of pyridine rings is 2. The standard InChI is InChI=1S/C21H24ClFN6O.C21H26FN7O/c1-2-5-18(30)27-16-6-3-4-7-17(16)28-21-15(23)11-26-20(29-21)14-10-25-19-13(14)8-12(22)9-24-19;1-2-9-24-21(30)28-17-8-4-3-7-16(17)27-20-15(22)12-26-19(29-20)14-11-25-18-13(14)6-5-10-23-18/h8-11,16-17H,2-7H2,1H3,(H,24,25)(H,27,30)(H,26,28,29);5-6,10-12,16-17H,2-4,7-9H2,1H3,(H,23,25)(H2,24,28,30)(H,26,27,29)/t2*16-,17-/m11/s1. The van der Waals surface area contributed by atoms with Gasteiger partial charge in [-0.15, -0.1) is 0 Å². The molecule has 2 aliphatic rings. The van der Waals surface area contributed by atoms with Crippen LogP contribution in [0.1, 0.15) is 84.5 Å². The van der Waals surface area contributed by atoms with Gasteiger partial charge in [-0.25, -0.2) is 43.5 Å². The van der Waals surface area contributed by atoms with Crippen molar-refractivity contribution in [1.29, 1.82) is 0 Å². The Kier molecular flexibility index (Phi) is 14.0. The number of aromatic nitrogens is 8. The van der Waals surface area contributed by atoms with E-state index in [4.69, 9.17) is 11.6 Å². The topological polar surface area (TPSA) is 203 Å². The highest BCUT2D eigenvalue weighted by Crippen LogP contribution is 2.31. The van der Waals surface area contributed by atoms with Crippen LogP contribution in [0, 0.1) is 11.6 Å². The van der Waals surface area contributed by atoms with E-state index in [9.17, 15) is 18.4 Å². The number of rotatable bonds is 12. The Morgan fingerprint density at radius 2 is 1.30 bits per heavy atom. The molecule has 4 atom stereocenters. The summed E-state index contributed by atoms with van der Waals surface area (Å²) >= 11 is 6.08. The number of nitrogens with one attached hydrogen (secondary N) is 7. The number of anilines is 2. The molecular formula is C42H50ClF2N13O2. The Bertz CT molecular complexity index is 2410. The van der Waals surface area contributed by atoms with Crippen molar-refractivity contribution in [3.8, 4) is 22.8 Å². The van der Waals surface area contributed by atoms with Crippen LogP contribution < -0.4 is 26.6 Å². The van der Waals surface area contributed by atoms with E-state index in [1.165, 1.54) is 6.20 Å². The molecule has 7 N–H and O–H groups in total. The van der Waals surface area contributed by atoms with E-state index in [0.29, 0.717) is 40.8 Å². The van der Waals surface area contributed by atoms with Crippen molar-refractivity contribution in [2.75, 3.05) is 17.2 Å². The van der Waals surface area contributed by atoms with Gasteiger partial charge in [-0.2, -0.15) is 0 Å². The van der Waals surface area contributed by atoms with Crippen LogP contribution in [0.5, 0.6) is 0 Å². The Morgan fingerprint density at radius 3 is 1.90 bits per heavy atom. The van der Waals surface area contributed by atoms with Crippen molar-refractivity contribution in [2.24, 2.45) is 0 Å². The third kappa shape index (κ3) is 10.2. The number of nitrogens with zero attached hydrogens (tertiary/aromatic N) is 6. The smallest absolute Gasteiger partial charge is 0.315 e. The Labute approximate surface area is 351 Å². The van der Waals surface area contributed by atoms with Gasteiger partial charge in [0.1, 0.15) is 11.3 Å². The van der Waals surface area contributed by atoms with Gasteiger partial charge in [-0.1, -0.05) is 51.1 Å². The molecule has 0 aromatic carbocycles. The van der Waals surface area contributed by atoms with E-state index in [-0.39, 0.29) is 47.7 Å². The molecule has 15 nitrogen and oxygen atoms in total. The molecular weight excluding hydrogens is 792 g/mol. The van der Waals surface area contributed by atoms with Crippen LogP contribution in [-0.2, 0) is 4.79 Å². The third-order valence-electron chi connectivity index (χ3n) is 10.8. The Morgan fingerprint density at radius 1 is 0.733 bits per heavy atom. The fourth-order valence-corrected chi connectivity index (χ4v) is 7.93. The van der Waals surface area contributed by atoms with Gasteiger partial charge in [-0.3, -0.25) is 4.79 Å². The molecule has 0 radical (unpaired) electrons. The average Bonchev–Trinajstić information content (AvgIpc) is 3.88. The Balaban J connectivity index is 0.000000181. The largest absolute Gasteiger partial charge is 0.363 e. The molecule has 8 rings (SSSR count). The second-order valence-electron chi connectivity index (χ2n) is 15.1. The second-order valence-corrected chi connectivity index (χ2v) is 15.6. The van der Waals surface area contributed by atoms with E-state index < -0.39 is 11.6 Å². The van der Waals surface area contributed by atoms with Gasteiger partial charge in [0.05, 0.1) is 23.5 Å². The molecule has 0 bridgehead atoms. The van der Waals surface area contributed by atoms with Crippen LogP contribution in [0.4, 0.5) is 25.2 Å². The number of hydrogen-bond donors (Lipinski definition) is 7. The maximum Gasteiger partial charge on any atom is 0.315 e. The fraction of sp³-hybridized carbons (Fsp3) is 0.429. The summed E-state index contributed by atoms with van der Waals surface area (Å²) in [7, 11) is 0. The van der Waals surface area contributed by atoms with E-state index in [1.54, 1.807) is 30.9 Å². The summed E-state index contributed by atoms with van der Waals surface area (Å²) in [4.78, 5) is 56.1. The van der Waals surface area contributed by atoms with Gasteiger partial charge in [0.15, 0.2) is 34.9 Å². The first-order valence-corrected chi connectivity index (χ1v) is 21.1. The highest BCUT2D eigenvalue weighted by molar-refractivity contribution is 6.31. The summed E-state index contributed by atoms with van der Waals surface area (Å²) in [5.74, 6) is 0.0475. The molecule has 3 amide bonds. The van der Waals surface area contributed by atoms with Gasteiger partial charge >= 0.3 is 6.03 Å². The molecule has 0 spiro atoms. The van der Waals surface area contributed by atoms with Gasteiger partial charge in [0.2, 0.25) is 5.91 Å². The fourth-order valence-electron chi connectivity index (χ4n) is 7.77. The maximum atomic E-state index is 14.5. The predicted octanol–water partition coefficient (Wildman–Crippen LogP) is 8.04. The number of aromatic amines is 2. The molecule has 0 aliphatic heterocycles. The molecule has 6 heterocycles. The maximum absolute atomic E-state index is 14.5. The summed E-state index contributed by atoms with van der Waals surface area (Å²) < 4.78 is 29.1. The van der Waals surface area contributed by atoms with Crippen LogP contribution in [0.3, 0.4) is 0 Å². The number of urea groups is 1. The number of carbonyl (C=O) groups excluding carboxylic acids is 2. The van der Waals surface area contributed by atoms with Crippen LogP contribution in [-0.4, -0.2) is 82.5 Å². The van der Waals surface area contributed by atoms with Gasteiger partial charge in [0, 0.05) is 77.8 Å². The van der Waals surface area contributed by atoms with Crippen molar-refractivity contribution >= 4 is 57.2 Å². The van der Waals surface area contributed by atoms with Gasteiger partial charge in [-0.05, 0) is 56.7 Å². The molecule has 2 aliphatic carbocycles. The number of carbonyl (C=O) groups is 2. The van der Waals surface area contributed by atoms with E-state index >= 15 is 0 Å². The first-order valence-electron chi connectivity index (χ1n) is 20.7. The molecule has 0 unspecified atom stereocenters. The average molecular weight is 842 g/mol. The summed E-state index contributed by atoms with van der Waals surface area (Å²) in [6, 6.07) is 5.01. The number of fused-ring (bicyclic) bond motifs is 2. The molecule has 316 valence electrons. The lowest BCUT2D eigenvalue weighted by Gasteiger charge is -2.33. The number of amides is 3. The van der Waals surface area contributed by atoms with Crippen LogP contribution in [0.2, 0.25) is 5.02 Å². The summed E-state index contributed by atoms with van der Waals surface area (Å²) in [5.41, 5.74) is 2.84. The van der Waals surface area contributed by atoms with Crippen molar-refractivity contribution in [3.05, 3.63) is 72.0 Å². The first-order chi connectivity index (χ1) is 29.2. The van der Waals surface area contributed by atoms with Crippen molar-refractivity contribution in [1.82, 2.24) is 55.8 Å². The van der Waals surface area contributed by atoms with Crippen molar-refractivity contribution in [3.63, 3.8) is 0 Å². The van der Waals surface area contributed by atoms with Crippen LogP contribution in [0.25, 0.3) is 44.8 Å². The Hall–Kier alpha value is -5.97. The SMILES string of the molecule is CCCC(=O)N[C@@H]1CCCC[C@H]1Nc1nc(-c2c[nH]c3ncc(Cl)cc23)ncc1F.CCCNC(=O)N[C@@H]1CCCC[C@H]1Nc1nc(-c2c[nH]c3ncccc23)ncc1F. The van der Waals surface area contributed by atoms with E-state index in [0.717, 1.165) is 92.4 Å². The van der Waals surface area contributed by atoms with Gasteiger partial charge < -0.3 is 36.6 Å². The number of H-pyrrole nitrogens is 2. The minimum atomic E-state index is -0.529. The van der Waals surface area contributed by atoms with Crippen molar-refractivity contribution < 1.29 is 18.4 Å². The zero-order valence-corrected chi connectivity index (χ0v) is 34.4. The second kappa shape index (κ2) is 19.9. The number of halogens is 3. The highest BCUT2D eigenvalue weighted by atomic mass is 35.5. The quantitative estimate of drug-likeness (QED) is 0.0632. The zero-order chi connectivity index (χ0) is 42.0. The molecule has 2 saturated carbocycles. The highest BCUT2D eigenvalue weighted by Gasteiger charge is 2.29. The molecule has 6 aromatic rings. The summed E-state index contributed by atoms with van der Waals surface area (Å²) in [6.07, 6.45) is 18.7. The lowest BCUT2D eigenvalue weighted by molar-refractivity contribution is -0.122. The molecule has 60 heavy (non-hydrogen) atoms. The summed E-state index contributed by atoms with van der Waals surface area (Å²) in [5, 5.41) is 17.5. The lowest BCUT2D eigenvalue weighted by Crippen LogP contribution is -2.51. The van der Waals surface area contributed by atoms with Crippen molar-refractivity contribution in [2.45, 2.75) is 109 Å².